The van der Waals surface area contributed by atoms with Gasteiger partial charge in [0.1, 0.15) is 11.5 Å². The highest BCUT2D eigenvalue weighted by Crippen LogP contribution is 2.24. The van der Waals surface area contributed by atoms with Gasteiger partial charge in [-0.2, -0.15) is 0 Å². The van der Waals surface area contributed by atoms with E-state index in [-0.39, 0.29) is 11.8 Å². The Bertz CT molecular complexity index is 837. The molecule has 0 saturated carbocycles. The lowest BCUT2D eigenvalue weighted by molar-refractivity contribution is -0.133. The van der Waals surface area contributed by atoms with E-state index in [0.29, 0.717) is 13.1 Å². The Morgan fingerprint density at radius 1 is 1.18 bits per heavy atom. The number of nitrogens with zero attached hydrogens (tertiary/aromatic N) is 4. The molecule has 0 unspecified atom stereocenters. The normalized spacial score (nSPS) is 17.9. The number of carbonyl (C=O) groups is 1. The van der Waals surface area contributed by atoms with Crippen LogP contribution in [0.15, 0.2) is 28.7 Å². The number of rotatable bonds is 4. The first-order valence-electron chi connectivity index (χ1n) is 10.3. The van der Waals surface area contributed by atoms with E-state index in [1.165, 1.54) is 11.3 Å². The Labute approximate surface area is 167 Å². The van der Waals surface area contributed by atoms with Crippen LogP contribution in [0.1, 0.15) is 42.7 Å². The van der Waals surface area contributed by atoms with Crippen LogP contribution in [0.2, 0.25) is 0 Å². The van der Waals surface area contributed by atoms with E-state index in [1.54, 1.807) is 0 Å². The van der Waals surface area contributed by atoms with Crippen molar-refractivity contribution in [1.29, 1.82) is 0 Å². The minimum atomic E-state index is 0.198. The molecule has 2 aliphatic heterocycles. The SMILES string of the molecule is Cc1cccc(N2CCN(CC(=O)N3CCc4oc(C(C)C)nc4C3)CC2)c1. The fourth-order valence-corrected chi connectivity index (χ4v) is 3.96. The molecule has 150 valence electrons. The predicted octanol–water partition coefficient (Wildman–Crippen LogP) is 2.81. The van der Waals surface area contributed by atoms with E-state index >= 15 is 0 Å². The Hall–Kier alpha value is -2.34. The predicted molar refractivity (Wildman–Crippen MR) is 110 cm³/mol. The van der Waals surface area contributed by atoms with Gasteiger partial charge in [0.15, 0.2) is 5.89 Å². The molecular weight excluding hydrogens is 352 g/mol. The molecule has 0 aliphatic carbocycles. The van der Waals surface area contributed by atoms with Crippen molar-refractivity contribution in [3.63, 3.8) is 0 Å². The van der Waals surface area contributed by atoms with Crippen LogP contribution in [0.4, 0.5) is 5.69 Å². The molecule has 4 rings (SSSR count). The lowest BCUT2D eigenvalue weighted by atomic mass is 10.1. The van der Waals surface area contributed by atoms with Crippen molar-refractivity contribution in [2.75, 3.05) is 44.2 Å². The van der Waals surface area contributed by atoms with Crippen molar-refractivity contribution >= 4 is 11.6 Å². The molecule has 1 aromatic carbocycles. The first kappa shape index (κ1) is 19.0. The molecule has 6 heteroatoms. The maximum Gasteiger partial charge on any atom is 0.237 e. The van der Waals surface area contributed by atoms with Gasteiger partial charge in [0.05, 0.1) is 13.1 Å². The van der Waals surface area contributed by atoms with Crippen LogP contribution >= 0.6 is 0 Å². The van der Waals surface area contributed by atoms with Crippen molar-refractivity contribution in [3.05, 3.63) is 47.2 Å². The van der Waals surface area contributed by atoms with E-state index in [0.717, 1.165) is 56.5 Å². The molecule has 1 aromatic heterocycles. The minimum Gasteiger partial charge on any atom is -0.445 e. The quantitative estimate of drug-likeness (QED) is 0.814. The number of aryl methyl sites for hydroxylation is 1. The molecule has 1 fully saturated rings. The maximum absolute atomic E-state index is 12.8. The lowest BCUT2D eigenvalue weighted by Crippen LogP contribution is -2.50. The van der Waals surface area contributed by atoms with E-state index in [2.05, 4.69) is 59.8 Å². The number of hydrogen-bond acceptors (Lipinski definition) is 5. The number of aromatic nitrogens is 1. The summed E-state index contributed by atoms with van der Waals surface area (Å²) in [7, 11) is 0. The van der Waals surface area contributed by atoms with E-state index in [4.69, 9.17) is 4.42 Å². The first-order chi connectivity index (χ1) is 13.5. The molecule has 0 bridgehead atoms. The van der Waals surface area contributed by atoms with Crippen LogP contribution in [0, 0.1) is 6.92 Å². The van der Waals surface area contributed by atoms with Crippen LogP contribution < -0.4 is 4.90 Å². The molecule has 6 nitrogen and oxygen atoms in total. The van der Waals surface area contributed by atoms with Crippen LogP contribution in [-0.2, 0) is 17.8 Å². The van der Waals surface area contributed by atoms with Crippen molar-refractivity contribution in [1.82, 2.24) is 14.8 Å². The zero-order chi connectivity index (χ0) is 19.7. The number of hydrogen-bond donors (Lipinski definition) is 0. The van der Waals surface area contributed by atoms with Gasteiger partial charge in [-0.15, -0.1) is 0 Å². The van der Waals surface area contributed by atoms with Crippen LogP contribution in [-0.4, -0.2) is 60.0 Å². The molecule has 0 atom stereocenters. The van der Waals surface area contributed by atoms with Crippen LogP contribution in [0.3, 0.4) is 0 Å². The molecular formula is C22H30N4O2. The fourth-order valence-electron chi connectivity index (χ4n) is 3.96. The average molecular weight is 383 g/mol. The third-order valence-electron chi connectivity index (χ3n) is 5.69. The molecule has 0 radical (unpaired) electrons. The first-order valence-corrected chi connectivity index (χ1v) is 10.3. The van der Waals surface area contributed by atoms with Gasteiger partial charge in [-0.3, -0.25) is 9.69 Å². The van der Waals surface area contributed by atoms with Crippen LogP contribution in [0.5, 0.6) is 0 Å². The summed E-state index contributed by atoms with van der Waals surface area (Å²) in [5, 5.41) is 0. The topological polar surface area (TPSA) is 52.8 Å². The van der Waals surface area contributed by atoms with Crippen molar-refractivity contribution in [2.45, 2.75) is 39.7 Å². The zero-order valence-corrected chi connectivity index (χ0v) is 17.1. The number of amides is 1. The number of oxazole rings is 1. The standard InChI is InChI=1S/C22H30N4O2/c1-16(2)22-23-19-14-26(8-7-20(19)28-22)21(27)15-24-9-11-25(12-10-24)18-6-4-5-17(3)13-18/h4-6,13,16H,7-12,14-15H2,1-3H3. The highest BCUT2D eigenvalue weighted by Gasteiger charge is 2.28. The van der Waals surface area contributed by atoms with Gasteiger partial charge in [0, 0.05) is 50.7 Å². The molecule has 3 heterocycles. The van der Waals surface area contributed by atoms with Gasteiger partial charge in [-0.1, -0.05) is 26.0 Å². The second-order valence-corrected chi connectivity index (χ2v) is 8.24. The summed E-state index contributed by atoms with van der Waals surface area (Å²) in [5.74, 6) is 2.22. The Morgan fingerprint density at radius 2 is 1.96 bits per heavy atom. The Morgan fingerprint density at radius 3 is 2.68 bits per heavy atom. The van der Waals surface area contributed by atoms with Gasteiger partial charge >= 0.3 is 0 Å². The van der Waals surface area contributed by atoms with Crippen LogP contribution in [0.25, 0.3) is 0 Å². The maximum atomic E-state index is 12.8. The molecule has 1 saturated heterocycles. The zero-order valence-electron chi connectivity index (χ0n) is 17.1. The average Bonchev–Trinajstić information content (AvgIpc) is 3.12. The van der Waals surface area contributed by atoms with Gasteiger partial charge in [0.2, 0.25) is 5.91 Å². The van der Waals surface area contributed by atoms with Crippen molar-refractivity contribution in [3.8, 4) is 0 Å². The summed E-state index contributed by atoms with van der Waals surface area (Å²) in [6.07, 6.45) is 0.766. The number of carbonyl (C=O) groups excluding carboxylic acids is 1. The molecule has 0 spiro atoms. The summed E-state index contributed by atoms with van der Waals surface area (Å²) in [4.78, 5) is 24.0. The second kappa shape index (κ2) is 7.95. The molecule has 2 aliphatic rings. The third-order valence-corrected chi connectivity index (χ3v) is 5.69. The molecule has 1 amide bonds. The number of fused-ring (bicyclic) bond motifs is 1. The number of benzene rings is 1. The summed E-state index contributed by atoms with van der Waals surface area (Å²) < 4.78 is 5.84. The van der Waals surface area contributed by atoms with Gasteiger partial charge in [-0.25, -0.2) is 4.98 Å². The largest absolute Gasteiger partial charge is 0.445 e. The van der Waals surface area contributed by atoms with E-state index < -0.39 is 0 Å². The van der Waals surface area contributed by atoms with E-state index in [9.17, 15) is 4.79 Å². The minimum absolute atomic E-state index is 0.198. The van der Waals surface area contributed by atoms with Gasteiger partial charge in [0.25, 0.3) is 0 Å². The van der Waals surface area contributed by atoms with Crippen molar-refractivity contribution in [2.24, 2.45) is 0 Å². The second-order valence-electron chi connectivity index (χ2n) is 8.24. The number of piperazine rings is 1. The highest BCUT2D eigenvalue weighted by molar-refractivity contribution is 5.78. The van der Waals surface area contributed by atoms with Gasteiger partial charge < -0.3 is 14.2 Å². The summed E-state index contributed by atoms with van der Waals surface area (Å²) >= 11 is 0. The fraction of sp³-hybridized carbons (Fsp3) is 0.545. The smallest absolute Gasteiger partial charge is 0.237 e. The highest BCUT2D eigenvalue weighted by atomic mass is 16.4. The molecule has 0 N–H and O–H groups in total. The molecule has 28 heavy (non-hydrogen) atoms. The number of anilines is 1. The third kappa shape index (κ3) is 4.07. The monoisotopic (exact) mass is 382 g/mol. The summed E-state index contributed by atoms with van der Waals surface area (Å²) in [6, 6.07) is 8.64. The lowest BCUT2D eigenvalue weighted by Gasteiger charge is -2.37. The van der Waals surface area contributed by atoms with Crippen molar-refractivity contribution < 1.29 is 9.21 Å². The Balaban J connectivity index is 1.30. The van der Waals surface area contributed by atoms with Gasteiger partial charge in [-0.05, 0) is 24.6 Å². The summed E-state index contributed by atoms with van der Waals surface area (Å²) in [5.41, 5.74) is 3.50. The summed E-state index contributed by atoms with van der Waals surface area (Å²) in [6.45, 7) is 11.8. The Kier molecular flexibility index (Phi) is 5.40. The van der Waals surface area contributed by atoms with E-state index in [1.807, 2.05) is 4.90 Å². The molecule has 2 aromatic rings.